The van der Waals surface area contributed by atoms with Crippen LogP contribution in [0.15, 0.2) is 22.7 Å². The monoisotopic (exact) mass is 341 g/mol. The van der Waals surface area contributed by atoms with Gasteiger partial charge in [-0.05, 0) is 62.2 Å². The Kier molecular flexibility index (Phi) is 5.34. The summed E-state index contributed by atoms with van der Waals surface area (Å²) in [6.07, 6.45) is 0. The summed E-state index contributed by atoms with van der Waals surface area (Å²) in [6.45, 7) is 8.87. The Balaban J connectivity index is 2.76. The largest absolute Gasteiger partial charge is 0.458 e. The lowest BCUT2D eigenvalue weighted by Crippen LogP contribution is -2.42. The van der Waals surface area contributed by atoms with E-state index >= 15 is 0 Å². The van der Waals surface area contributed by atoms with Gasteiger partial charge in [-0.3, -0.25) is 4.79 Å². The van der Waals surface area contributed by atoms with Crippen LogP contribution in [0.25, 0.3) is 0 Å². The molecule has 1 atom stereocenters. The quantitative estimate of drug-likeness (QED) is 0.858. The molecule has 0 spiro atoms. The number of amides is 1. The highest BCUT2D eigenvalue weighted by Crippen LogP contribution is 2.21. The fourth-order valence-corrected chi connectivity index (χ4v) is 1.99. The maximum absolute atomic E-state index is 12.1. The van der Waals surface area contributed by atoms with E-state index in [4.69, 9.17) is 4.74 Å². The van der Waals surface area contributed by atoms with Crippen LogP contribution in [-0.2, 0) is 9.53 Å². The standard InChI is InChI=1S/C15H20BrNO3/c1-9-7-6-8-11(12(9)16)13(18)17-10(2)14(19)20-15(3,4)5/h6-8,10H,1-5H3,(H,17,18)/t10-/m0/s1. The molecule has 0 saturated carbocycles. The number of esters is 1. The van der Waals surface area contributed by atoms with Crippen molar-refractivity contribution in [3.8, 4) is 0 Å². The molecule has 1 aromatic carbocycles. The summed E-state index contributed by atoms with van der Waals surface area (Å²) in [5.41, 5.74) is 0.892. The van der Waals surface area contributed by atoms with Crippen molar-refractivity contribution in [2.24, 2.45) is 0 Å². The van der Waals surface area contributed by atoms with Crippen LogP contribution in [0.2, 0.25) is 0 Å². The van der Waals surface area contributed by atoms with Crippen molar-refractivity contribution in [1.29, 1.82) is 0 Å². The van der Waals surface area contributed by atoms with Crippen molar-refractivity contribution in [3.63, 3.8) is 0 Å². The molecule has 0 aliphatic heterocycles. The SMILES string of the molecule is Cc1cccc(C(=O)N[C@@H](C)C(=O)OC(C)(C)C)c1Br. The minimum atomic E-state index is -0.700. The normalized spacial score (nSPS) is 12.7. The molecule has 4 nitrogen and oxygen atoms in total. The molecule has 1 amide bonds. The molecule has 1 aromatic rings. The second kappa shape index (κ2) is 6.39. The first-order valence-electron chi connectivity index (χ1n) is 6.40. The van der Waals surface area contributed by atoms with Gasteiger partial charge in [-0.15, -0.1) is 0 Å². The molecule has 5 heteroatoms. The zero-order valence-corrected chi connectivity index (χ0v) is 14.0. The predicted molar refractivity (Wildman–Crippen MR) is 81.7 cm³/mol. The minimum Gasteiger partial charge on any atom is -0.458 e. The van der Waals surface area contributed by atoms with Gasteiger partial charge < -0.3 is 10.1 Å². The van der Waals surface area contributed by atoms with Crippen molar-refractivity contribution in [3.05, 3.63) is 33.8 Å². The van der Waals surface area contributed by atoms with E-state index in [-0.39, 0.29) is 5.91 Å². The van der Waals surface area contributed by atoms with Gasteiger partial charge in [0.1, 0.15) is 11.6 Å². The van der Waals surface area contributed by atoms with E-state index in [2.05, 4.69) is 21.2 Å². The van der Waals surface area contributed by atoms with Crippen molar-refractivity contribution in [1.82, 2.24) is 5.32 Å². The third-order valence-electron chi connectivity index (χ3n) is 2.54. The molecular formula is C15H20BrNO3. The summed E-state index contributed by atoms with van der Waals surface area (Å²) < 4.78 is 5.96. The topological polar surface area (TPSA) is 55.4 Å². The van der Waals surface area contributed by atoms with Crippen molar-refractivity contribution < 1.29 is 14.3 Å². The number of ether oxygens (including phenoxy) is 1. The van der Waals surface area contributed by atoms with Gasteiger partial charge in [-0.25, -0.2) is 4.79 Å². The van der Waals surface area contributed by atoms with Crippen molar-refractivity contribution in [2.75, 3.05) is 0 Å². The zero-order chi connectivity index (χ0) is 15.5. The van der Waals surface area contributed by atoms with E-state index < -0.39 is 17.6 Å². The first kappa shape index (κ1) is 16.7. The van der Waals surface area contributed by atoms with Crippen LogP contribution in [0.5, 0.6) is 0 Å². The highest BCUT2D eigenvalue weighted by atomic mass is 79.9. The summed E-state index contributed by atoms with van der Waals surface area (Å²) in [5, 5.41) is 2.64. The van der Waals surface area contributed by atoms with Gasteiger partial charge in [0.15, 0.2) is 0 Å². The van der Waals surface area contributed by atoms with Crippen LogP contribution in [0.4, 0.5) is 0 Å². The highest BCUT2D eigenvalue weighted by Gasteiger charge is 2.24. The Morgan fingerprint density at radius 3 is 2.45 bits per heavy atom. The number of halogens is 1. The number of hydrogen-bond acceptors (Lipinski definition) is 3. The molecular weight excluding hydrogens is 322 g/mol. The summed E-state index contributed by atoms with van der Waals surface area (Å²) in [7, 11) is 0. The van der Waals surface area contributed by atoms with Gasteiger partial charge in [0.2, 0.25) is 0 Å². The van der Waals surface area contributed by atoms with Crippen LogP contribution in [0, 0.1) is 6.92 Å². The number of carbonyl (C=O) groups is 2. The Labute approximate surface area is 128 Å². The van der Waals surface area contributed by atoms with Crippen LogP contribution in [0.3, 0.4) is 0 Å². The Hall–Kier alpha value is -1.36. The average Bonchev–Trinajstić information content (AvgIpc) is 2.30. The molecule has 1 rings (SSSR count). The van der Waals surface area contributed by atoms with Gasteiger partial charge >= 0.3 is 5.97 Å². The van der Waals surface area contributed by atoms with E-state index in [1.54, 1.807) is 39.8 Å². The zero-order valence-electron chi connectivity index (χ0n) is 12.4. The number of nitrogens with one attached hydrogen (secondary N) is 1. The summed E-state index contributed by atoms with van der Waals surface area (Å²) in [6, 6.07) is 4.70. The van der Waals surface area contributed by atoms with Crippen molar-refractivity contribution >= 4 is 27.8 Å². The fourth-order valence-electron chi connectivity index (χ4n) is 1.55. The molecule has 0 bridgehead atoms. The fraction of sp³-hybridized carbons (Fsp3) is 0.467. The van der Waals surface area contributed by atoms with E-state index in [9.17, 15) is 9.59 Å². The number of aryl methyl sites for hydroxylation is 1. The van der Waals surface area contributed by atoms with Gasteiger partial charge in [-0.1, -0.05) is 12.1 Å². The highest BCUT2D eigenvalue weighted by molar-refractivity contribution is 9.10. The van der Waals surface area contributed by atoms with Crippen LogP contribution < -0.4 is 5.32 Å². The predicted octanol–water partition coefficient (Wildman–Crippen LogP) is 3.22. The maximum Gasteiger partial charge on any atom is 0.328 e. The molecule has 0 radical (unpaired) electrons. The number of carbonyl (C=O) groups excluding carboxylic acids is 2. The van der Waals surface area contributed by atoms with Crippen LogP contribution in [-0.4, -0.2) is 23.5 Å². The first-order chi connectivity index (χ1) is 9.11. The molecule has 0 heterocycles. The lowest BCUT2D eigenvalue weighted by Gasteiger charge is -2.22. The maximum atomic E-state index is 12.1. The number of benzene rings is 1. The number of hydrogen-bond donors (Lipinski definition) is 1. The summed E-state index contributed by atoms with van der Waals surface area (Å²) >= 11 is 3.38. The molecule has 0 fully saturated rings. The summed E-state index contributed by atoms with van der Waals surface area (Å²) in [5.74, 6) is -0.756. The average molecular weight is 342 g/mol. The molecule has 0 unspecified atom stereocenters. The van der Waals surface area contributed by atoms with Gasteiger partial charge in [-0.2, -0.15) is 0 Å². The van der Waals surface area contributed by atoms with Gasteiger partial charge in [0, 0.05) is 4.47 Å². The molecule has 1 N–H and O–H groups in total. The molecule has 0 saturated heterocycles. The lowest BCUT2D eigenvalue weighted by atomic mass is 10.1. The summed E-state index contributed by atoms with van der Waals surface area (Å²) in [4.78, 5) is 24.0. The Morgan fingerprint density at radius 1 is 1.30 bits per heavy atom. The van der Waals surface area contributed by atoms with Crippen molar-refractivity contribution in [2.45, 2.75) is 46.3 Å². The van der Waals surface area contributed by atoms with Gasteiger partial charge in [0.05, 0.1) is 5.56 Å². The molecule has 0 aliphatic rings. The van der Waals surface area contributed by atoms with E-state index in [0.717, 1.165) is 10.0 Å². The molecule has 110 valence electrons. The number of rotatable bonds is 3. The Morgan fingerprint density at radius 2 is 1.90 bits per heavy atom. The second-order valence-corrected chi connectivity index (χ2v) is 6.46. The lowest BCUT2D eigenvalue weighted by molar-refractivity contribution is -0.156. The van der Waals surface area contributed by atoms with E-state index in [0.29, 0.717) is 5.56 Å². The Bertz CT molecular complexity index is 520. The smallest absolute Gasteiger partial charge is 0.328 e. The third-order valence-corrected chi connectivity index (χ3v) is 3.60. The van der Waals surface area contributed by atoms with Crippen LogP contribution >= 0.6 is 15.9 Å². The van der Waals surface area contributed by atoms with E-state index in [1.807, 2.05) is 13.0 Å². The van der Waals surface area contributed by atoms with Gasteiger partial charge in [0.25, 0.3) is 5.91 Å². The van der Waals surface area contributed by atoms with Crippen LogP contribution in [0.1, 0.15) is 43.6 Å². The third kappa shape index (κ3) is 4.63. The first-order valence-corrected chi connectivity index (χ1v) is 7.20. The molecule has 20 heavy (non-hydrogen) atoms. The molecule has 0 aliphatic carbocycles. The minimum absolute atomic E-state index is 0.307. The van der Waals surface area contributed by atoms with E-state index in [1.165, 1.54) is 0 Å². The molecule has 0 aromatic heterocycles. The second-order valence-electron chi connectivity index (χ2n) is 5.67.